The van der Waals surface area contributed by atoms with Gasteiger partial charge in [0, 0.05) is 5.57 Å². The van der Waals surface area contributed by atoms with Crippen molar-refractivity contribution in [1.82, 2.24) is 5.32 Å². The molecule has 0 spiro atoms. The molecule has 1 aliphatic carbocycles. The van der Waals surface area contributed by atoms with Crippen molar-refractivity contribution in [2.24, 2.45) is 0 Å². The van der Waals surface area contributed by atoms with E-state index >= 15 is 0 Å². The van der Waals surface area contributed by atoms with Crippen LogP contribution in [0.3, 0.4) is 0 Å². The lowest BCUT2D eigenvalue weighted by Gasteiger charge is -2.13. The minimum absolute atomic E-state index is 0.135. The van der Waals surface area contributed by atoms with Gasteiger partial charge in [-0.05, 0) is 25.7 Å². The fourth-order valence-corrected chi connectivity index (χ4v) is 2.41. The van der Waals surface area contributed by atoms with Crippen molar-refractivity contribution in [2.75, 3.05) is 0 Å². The van der Waals surface area contributed by atoms with Crippen molar-refractivity contribution in [3.63, 3.8) is 0 Å². The monoisotopic (exact) mass is 207 g/mol. The Balaban J connectivity index is 2.14. The summed E-state index contributed by atoms with van der Waals surface area (Å²) in [5, 5.41) is 2.36. The molecule has 1 saturated heterocycles. The zero-order chi connectivity index (χ0) is 10.7. The predicted molar refractivity (Wildman–Crippen MR) is 57.1 cm³/mol. The molecule has 1 N–H and O–H groups in total. The van der Waals surface area contributed by atoms with Gasteiger partial charge < -0.3 is 0 Å². The molecule has 0 radical (unpaired) electrons. The second-order valence-corrected chi connectivity index (χ2v) is 4.40. The highest BCUT2D eigenvalue weighted by atomic mass is 16.2. The quantitative estimate of drug-likeness (QED) is 0.488. The predicted octanol–water partition coefficient (Wildman–Crippen LogP) is 2.07. The SMILES string of the molecule is O=C1CC(=C2CCCCCCC2)C(=O)N1. The minimum atomic E-state index is -0.143. The summed E-state index contributed by atoms with van der Waals surface area (Å²) in [5.74, 6) is -0.278. The first kappa shape index (κ1) is 10.4. The van der Waals surface area contributed by atoms with Gasteiger partial charge in [-0.1, -0.05) is 24.8 Å². The van der Waals surface area contributed by atoms with E-state index in [-0.39, 0.29) is 11.8 Å². The van der Waals surface area contributed by atoms with Gasteiger partial charge in [-0.15, -0.1) is 0 Å². The smallest absolute Gasteiger partial charge is 0.254 e. The molecular weight excluding hydrogens is 190 g/mol. The lowest BCUT2D eigenvalue weighted by molar-refractivity contribution is -0.124. The molecule has 2 amide bonds. The lowest BCUT2D eigenvalue weighted by Crippen LogP contribution is -2.19. The van der Waals surface area contributed by atoms with Gasteiger partial charge in [0.15, 0.2) is 0 Å². The normalized spacial score (nSPS) is 23.7. The van der Waals surface area contributed by atoms with Crippen molar-refractivity contribution in [2.45, 2.75) is 51.4 Å². The highest BCUT2D eigenvalue weighted by Gasteiger charge is 2.26. The standard InChI is InChI=1S/C12H17NO2/c14-11-8-10(12(15)13-11)9-6-4-2-1-3-5-7-9/h1-8H2,(H,13,14,15). The molecule has 2 fully saturated rings. The fourth-order valence-electron chi connectivity index (χ4n) is 2.41. The maximum absolute atomic E-state index is 11.5. The highest BCUT2D eigenvalue weighted by molar-refractivity contribution is 6.13. The maximum Gasteiger partial charge on any atom is 0.254 e. The Kier molecular flexibility index (Phi) is 3.19. The first-order valence-electron chi connectivity index (χ1n) is 5.82. The van der Waals surface area contributed by atoms with Crippen LogP contribution in [0.15, 0.2) is 11.1 Å². The summed E-state index contributed by atoms with van der Waals surface area (Å²) in [5.41, 5.74) is 2.00. The molecule has 0 bridgehead atoms. The van der Waals surface area contributed by atoms with Crippen LogP contribution < -0.4 is 5.32 Å². The van der Waals surface area contributed by atoms with Crippen molar-refractivity contribution >= 4 is 11.8 Å². The number of hydrogen-bond acceptors (Lipinski definition) is 2. The van der Waals surface area contributed by atoms with E-state index in [1.165, 1.54) is 37.7 Å². The summed E-state index contributed by atoms with van der Waals surface area (Å²) in [6.45, 7) is 0. The van der Waals surface area contributed by atoms with Crippen LogP contribution in [0, 0.1) is 0 Å². The lowest BCUT2D eigenvalue weighted by atomic mass is 9.92. The molecule has 3 heteroatoms. The van der Waals surface area contributed by atoms with Crippen molar-refractivity contribution in [1.29, 1.82) is 0 Å². The molecule has 15 heavy (non-hydrogen) atoms. The Hall–Kier alpha value is -1.12. The van der Waals surface area contributed by atoms with Crippen LogP contribution in [0.1, 0.15) is 51.4 Å². The van der Waals surface area contributed by atoms with Crippen molar-refractivity contribution < 1.29 is 9.59 Å². The van der Waals surface area contributed by atoms with E-state index in [4.69, 9.17) is 0 Å². The highest BCUT2D eigenvalue weighted by Crippen LogP contribution is 2.27. The van der Waals surface area contributed by atoms with Crippen LogP contribution in [0.4, 0.5) is 0 Å². The van der Waals surface area contributed by atoms with Gasteiger partial charge in [-0.25, -0.2) is 0 Å². The Morgan fingerprint density at radius 2 is 1.47 bits per heavy atom. The van der Waals surface area contributed by atoms with Gasteiger partial charge >= 0.3 is 0 Å². The maximum atomic E-state index is 11.5. The largest absolute Gasteiger partial charge is 0.292 e. The number of nitrogens with one attached hydrogen (secondary N) is 1. The van der Waals surface area contributed by atoms with E-state index < -0.39 is 0 Å². The van der Waals surface area contributed by atoms with E-state index in [0.29, 0.717) is 6.42 Å². The fraction of sp³-hybridized carbons (Fsp3) is 0.667. The summed E-state index contributed by atoms with van der Waals surface area (Å²) in [6, 6.07) is 0. The molecule has 0 unspecified atom stereocenters. The van der Waals surface area contributed by atoms with Crippen LogP contribution >= 0.6 is 0 Å². The number of hydrogen-bond donors (Lipinski definition) is 1. The third kappa shape index (κ3) is 2.46. The third-order valence-electron chi connectivity index (χ3n) is 3.25. The molecule has 3 nitrogen and oxygen atoms in total. The number of allylic oxidation sites excluding steroid dienone is 1. The van der Waals surface area contributed by atoms with Crippen LogP contribution in [-0.2, 0) is 9.59 Å². The Labute approximate surface area is 89.9 Å². The van der Waals surface area contributed by atoms with E-state index in [1.54, 1.807) is 0 Å². The molecule has 0 aromatic carbocycles. The zero-order valence-electron chi connectivity index (χ0n) is 8.97. The van der Waals surface area contributed by atoms with Gasteiger partial charge in [0.05, 0.1) is 6.42 Å². The van der Waals surface area contributed by atoms with E-state index in [9.17, 15) is 9.59 Å². The Morgan fingerprint density at radius 1 is 0.867 bits per heavy atom. The van der Waals surface area contributed by atoms with E-state index in [2.05, 4.69) is 5.32 Å². The summed E-state index contributed by atoms with van der Waals surface area (Å²) in [7, 11) is 0. The molecule has 82 valence electrons. The number of carbonyl (C=O) groups excluding carboxylic acids is 2. The molecular formula is C12H17NO2. The number of amides is 2. The second kappa shape index (κ2) is 4.60. The van der Waals surface area contributed by atoms with Crippen molar-refractivity contribution in [3.8, 4) is 0 Å². The second-order valence-electron chi connectivity index (χ2n) is 4.40. The molecule has 1 saturated carbocycles. The first-order chi connectivity index (χ1) is 7.27. The third-order valence-corrected chi connectivity index (χ3v) is 3.25. The van der Waals surface area contributed by atoms with Crippen LogP contribution in [0.25, 0.3) is 0 Å². The topological polar surface area (TPSA) is 46.2 Å². The summed E-state index contributed by atoms with van der Waals surface area (Å²) in [6.07, 6.45) is 8.49. The molecule has 2 rings (SSSR count). The van der Waals surface area contributed by atoms with Gasteiger partial charge in [0.2, 0.25) is 5.91 Å². The first-order valence-corrected chi connectivity index (χ1v) is 5.82. The number of imide groups is 1. The van der Waals surface area contributed by atoms with E-state index in [0.717, 1.165) is 18.4 Å². The number of rotatable bonds is 0. The summed E-state index contributed by atoms with van der Waals surface area (Å²) in [4.78, 5) is 22.6. The summed E-state index contributed by atoms with van der Waals surface area (Å²) < 4.78 is 0. The zero-order valence-corrected chi connectivity index (χ0v) is 8.97. The molecule has 0 aromatic heterocycles. The van der Waals surface area contributed by atoms with Gasteiger partial charge in [-0.3, -0.25) is 14.9 Å². The van der Waals surface area contributed by atoms with Gasteiger partial charge in [0.1, 0.15) is 0 Å². The summed E-state index contributed by atoms with van der Waals surface area (Å²) >= 11 is 0. The van der Waals surface area contributed by atoms with Crippen LogP contribution in [-0.4, -0.2) is 11.8 Å². The molecule has 2 aliphatic rings. The average Bonchev–Trinajstić information content (AvgIpc) is 2.45. The Morgan fingerprint density at radius 3 is 2.00 bits per heavy atom. The van der Waals surface area contributed by atoms with Crippen LogP contribution in [0.2, 0.25) is 0 Å². The molecule has 0 aromatic rings. The van der Waals surface area contributed by atoms with Gasteiger partial charge in [-0.2, -0.15) is 0 Å². The van der Waals surface area contributed by atoms with Crippen molar-refractivity contribution in [3.05, 3.63) is 11.1 Å². The van der Waals surface area contributed by atoms with E-state index in [1.807, 2.05) is 0 Å². The Bertz CT molecular complexity index is 308. The molecule has 1 aliphatic heterocycles. The molecule has 1 heterocycles. The van der Waals surface area contributed by atoms with Crippen LogP contribution in [0.5, 0.6) is 0 Å². The minimum Gasteiger partial charge on any atom is -0.292 e. The number of carbonyl (C=O) groups is 2. The average molecular weight is 207 g/mol. The van der Waals surface area contributed by atoms with Gasteiger partial charge in [0.25, 0.3) is 5.91 Å². The molecule has 0 atom stereocenters.